The zero-order valence-corrected chi connectivity index (χ0v) is 12.6. The molecule has 6 nitrogen and oxygen atoms in total. The standard InChI is InChI=1S/C14H16FNO5S/c15-22(18,19)9-10-6-14(17)16(8-10)11-2-3-12-13(7-11)21-5-1-4-20-12/h2-3,7,10H,1,4-6,8-9H2. The van der Waals surface area contributed by atoms with Crippen LogP contribution in [-0.4, -0.2) is 39.8 Å². The van der Waals surface area contributed by atoms with Crippen molar-refractivity contribution in [3.63, 3.8) is 0 Å². The van der Waals surface area contributed by atoms with Crippen molar-refractivity contribution in [1.29, 1.82) is 0 Å². The number of halogens is 1. The molecule has 1 amide bonds. The lowest BCUT2D eigenvalue weighted by molar-refractivity contribution is -0.117. The van der Waals surface area contributed by atoms with Gasteiger partial charge in [0.15, 0.2) is 11.5 Å². The number of ether oxygens (including phenoxy) is 2. The first kappa shape index (κ1) is 15.1. The minimum absolute atomic E-state index is 0.0254. The van der Waals surface area contributed by atoms with Gasteiger partial charge in [-0.1, -0.05) is 0 Å². The van der Waals surface area contributed by atoms with E-state index >= 15 is 0 Å². The Labute approximate surface area is 128 Å². The minimum atomic E-state index is -4.58. The van der Waals surface area contributed by atoms with Crippen molar-refractivity contribution >= 4 is 21.8 Å². The molecule has 22 heavy (non-hydrogen) atoms. The maximum atomic E-state index is 12.8. The van der Waals surface area contributed by atoms with Crippen molar-refractivity contribution in [3.8, 4) is 11.5 Å². The summed E-state index contributed by atoms with van der Waals surface area (Å²) in [6, 6.07) is 5.14. The number of amides is 1. The summed E-state index contributed by atoms with van der Waals surface area (Å²) in [6.07, 6.45) is 0.806. The van der Waals surface area contributed by atoms with Gasteiger partial charge in [0.25, 0.3) is 0 Å². The van der Waals surface area contributed by atoms with E-state index in [4.69, 9.17) is 9.47 Å². The predicted octanol–water partition coefficient (Wildman–Crippen LogP) is 1.50. The fourth-order valence-corrected chi connectivity index (χ4v) is 3.53. The zero-order chi connectivity index (χ0) is 15.7. The number of benzene rings is 1. The van der Waals surface area contributed by atoms with Crippen LogP contribution >= 0.6 is 0 Å². The van der Waals surface area contributed by atoms with Crippen molar-refractivity contribution in [1.82, 2.24) is 0 Å². The van der Waals surface area contributed by atoms with Gasteiger partial charge in [0, 0.05) is 37.1 Å². The van der Waals surface area contributed by atoms with Gasteiger partial charge in [0.2, 0.25) is 5.91 Å². The van der Waals surface area contributed by atoms with Gasteiger partial charge in [0.05, 0.1) is 19.0 Å². The van der Waals surface area contributed by atoms with E-state index < -0.39 is 21.9 Å². The summed E-state index contributed by atoms with van der Waals surface area (Å²) in [7, 11) is -4.58. The van der Waals surface area contributed by atoms with Gasteiger partial charge in [0.1, 0.15) is 0 Å². The highest BCUT2D eigenvalue weighted by molar-refractivity contribution is 7.86. The van der Waals surface area contributed by atoms with E-state index in [9.17, 15) is 17.1 Å². The van der Waals surface area contributed by atoms with E-state index in [2.05, 4.69) is 0 Å². The first-order valence-electron chi connectivity index (χ1n) is 7.05. The van der Waals surface area contributed by atoms with E-state index in [1.54, 1.807) is 18.2 Å². The molecule has 1 aromatic carbocycles. The Morgan fingerprint density at radius 1 is 1.23 bits per heavy atom. The van der Waals surface area contributed by atoms with E-state index in [1.807, 2.05) is 0 Å². The van der Waals surface area contributed by atoms with Gasteiger partial charge in [-0.3, -0.25) is 4.79 Å². The smallest absolute Gasteiger partial charge is 0.302 e. The largest absolute Gasteiger partial charge is 0.490 e. The maximum Gasteiger partial charge on any atom is 0.302 e. The summed E-state index contributed by atoms with van der Waals surface area (Å²) in [6.45, 7) is 1.29. The van der Waals surface area contributed by atoms with Crippen LogP contribution in [0.4, 0.5) is 9.57 Å². The van der Waals surface area contributed by atoms with Crippen LogP contribution in [-0.2, 0) is 15.0 Å². The number of hydrogen-bond acceptors (Lipinski definition) is 5. The Balaban J connectivity index is 1.79. The highest BCUT2D eigenvalue weighted by atomic mass is 32.3. The lowest BCUT2D eigenvalue weighted by Crippen LogP contribution is -2.25. The lowest BCUT2D eigenvalue weighted by atomic mass is 10.1. The number of carbonyl (C=O) groups excluding carboxylic acids is 1. The summed E-state index contributed by atoms with van der Waals surface area (Å²) in [5.41, 5.74) is 0.605. The first-order chi connectivity index (χ1) is 10.4. The number of hydrogen-bond donors (Lipinski definition) is 0. The molecule has 1 atom stereocenters. The Morgan fingerprint density at radius 2 is 1.95 bits per heavy atom. The lowest BCUT2D eigenvalue weighted by Gasteiger charge is -2.18. The van der Waals surface area contributed by atoms with Crippen LogP contribution in [0.25, 0.3) is 0 Å². The minimum Gasteiger partial charge on any atom is -0.490 e. The number of nitrogens with zero attached hydrogens (tertiary/aromatic N) is 1. The molecule has 0 N–H and O–H groups in total. The quantitative estimate of drug-likeness (QED) is 0.786. The zero-order valence-electron chi connectivity index (χ0n) is 11.8. The fourth-order valence-electron chi connectivity index (χ4n) is 2.74. The third-order valence-corrected chi connectivity index (χ3v) is 4.55. The summed E-state index contributed by atoms with van der Waals surface area (Å²) in [4.78, 5) is 13.5. The summed E-state index contributed by atoms with van der Waals surface area (Å²) >= 11 is 0. The molecule has 2 aliphatic rings. The average molecular weight is 329 g/mol. The van der Waals surface area contributed by atoms with Gasteiger partial charge < -0.3 is 14.4 Å². The molecule has 2 aliphatic heterocycles. The normalized spacial score (nSPS) is 21.8. The van der Waals surface area contributed by atoms with E-state index in [0.717, 1.165) is 6.42 Å². The molecule has 0 bridgehead atoms. The monoisotopic (exact) mass is 329 g/mol. The van der Waals surface area contributed by atoms with Crippen LogP contribution in [0.5, 0.6) is 11.5 Å². The Kier molecular flexibility index (Phi) is 3.94. The molecule has 3 rings (SSSR count). The van der Waals surface area contributed by atoms with Crippen LogP contribution in [0.2, 0.25) is 0 Å². The van der Waals surface area contributed by atoms with Crippen LogP contribution in [0, 0.1) is 5.92 Å². The molecule has 1 saturated heterocycles. The van der Waals surface area contributed by atoms with Crippen molar-refractivity contribution < 1.29 is 26.6 Å². The van der Waals surface area contributed by atoms with Gasteiger partial charge in [-0.25, -0.2) is 0 Å². The van der Waals surface area contributed by atoms with Crippen molar-refractivity contribution in [2.45, 2.75) is 12.8 Å². The molecular formula is C14H16FNO5S. The van der Waals surface area contributed by atoms with Crippen molar-refractivity contribution in [2.24, 2.45) is 5.92 Å². The molecule has 0 saturated carbocycles. The third kappa shape index (κ3) is 3.32. The van der Waals surface area contributed by atoms with Crippen LogP contribution in [0.1, 0.15) is 12.8 Å². The second-order valence-electron chi connectivity index (χ2n) is 5.46. The predicted molar refractivity (Wildman–Crippen MR) is 77.4 cm³/mol. The second-order valence-corrected chi connectivity index (χ2v) is 6.87. The van der Waals surface area contributed by atoms with Gasteiger partial charge in [-0.2, -0.15) is 8.42 Å². The molecule has 120 valence electrons. The summed E-state index contributed by atoms with van der Waals surface area (Å²) in [5.74, 6) is -0.193. The molecule has 2 heterocycles. The fraction of sp³-hybridized carbons (Fsp3) is 0.500. The van der Waals surface area contributed by atoms with Crippen molar-refractivity contribution in [2.75, 3.05) is 30.4 Å². The Morgan fingerprint density at radius 3 is 2.68 bits per heavy atom. The van der Waals surface area contributed by atoms with E-state index in [1.165, 1.54) is 4.90 Å². The number of fused-ring (bicyclic) bond motifs is 1. The highest BCUT2D eigenvalue weighted by Crippen LogP contribution is 2.35. The van der Waals surface area contributed by atoms with Gasteiger partial charge in [-0.15, -0.1) is 3.89 Å². The molecule has 1 aromatic rings. The first-order valence-corrected chi connectivity index (χ1v) is 8.60. The molecule has 1 fully saturated rings. The summed E-state index contributed by atoms with van der Waals surface area (Å²) < 4.78 is 45.3. The van der Waals surface area contributed by atoms with Crippen molar-refractivity contribution in [3.05, 3.63) is 18.2 Å². The molecule has 0 radical (unpaired) electrons. The molecule has 0 aliphatic carbocycles. The maximum absolute atomic E-state index is 12.8. The third-order valence-electron chi connectivity index (χ3n) is 3.68. The SMILES string of the molecule is O=C1CC(CS(=O)(=O)F)CN1c1ccc2c(c1)OCCCO2. The number of anilines is 1. The Hall–Kier alpha value is -1.83. The Bertz CT molecular complexity index is 690. The molecule has 0 aromatic heterocycles. The second kappa shape index (κ2) is 5.75. The number of rotatable bonds is 3. The average Bonchev–Trinajstić information content (AvgIpc) is 2.65. The van der Waals surface area contributed by atoms with Crippen LogP contribution in [0.15, 0.2) is 18.2 Å². The molecule has 0 spiro atoms. The molecule has 8 heteroatoms. The van der Waals surface area contributed by atoms with Crippen LogP contribution in [0.3, 0.4) is 0 Å². The number of carbonyl (C=O) groups is 1. The van der Waals surface area contributed by atoms with Gasteiger partial charge >= 0.3 is 10.2 Å². The topological polar surface area (TPSA) is 72.9 Å². The molecular weight excluding hydrogens is 313 g/mol. The summed E-state index contributed by atoms with van der Waals surface area (Å²) in [5, 5.41) is 0. The van der Waals surface area contributed by atoms with E-state index in [0.29, 0.717) is 30.4 Å². The van der Waals surface area contributed by atoms with Crippen LogP contribution < -0.4 is 14.4 Å². The molecule has 1 unspecified atom stereocenters. The van der Waals surface area contributed by atoms with Gasteiger partial charge in [-0.05, 0) is 12.1 Å². The highest BCUT2D eigenvalue weighted by Gasteiger charge is 2.34. The van der Waals surface area contributed by atoms with E-state index in [-0.39, 0.29) is 18.9 Å².